The van der Waals surface area contributed by atoms with Crippen LogP contribution < -0.4 is 0 Å². The van der Waals surface area contributed by atoms with Gasteiger partial charge in [-0.25, -0.2) is 4.39 Å². The molecular formula is C27H31FN2O2. The third kappa shape index (κ3) is 4.34. The van der Waals surface area contributed by atoms with Crippen LogP contribution in [0, 0.1) is 17.2 Å². The highest BCUT2D eigenvalue weighted by Gasteiger charge is 2.47. The molecule has 1 saturated heterocycles. The minimum absolute atomic E-state index is 0.0101. The number of benzene rings is 2. The average Bonchev–Trinajstić information content (AvgIpc) is 3.24. The maximum atomic E-state index is 14.6. The molecule has 168 valence electrons. The second-order valence-corrected chi connectivity index (χ2v) is 9.28. The van der Waals surface area contributed by atoms with Gasteiger partial charge in [0.2, 0.25) is 11.8 Å². The van der Waals surface area contributed by atoms with Crippen LogP contribution in [0.5, 0.6) is 0 Å². The Kier molecular flexibility index (Phi) is 6.45. The lowest BCUT2D eigenvalue weighted by atomic mass is 9.77. The summed E-state index contributed by atoms with van der Waals surface area (Å²) >= 11 is 0. The third-order valence-electron chi connectivity index (χ3n) is 6.85. The molecule has 4 rings (SSSR count). The highest BCUT2D eigenvalue weighted by Crippen LogP contribution is 2.40. The van der Waals surface area contributed by atoms with Crippen LogP contribution in [0.2, 0.25) is 0 Å². The number of hydrogen-bond acceptors (Lipinski definition) is 2. The zero-order valence-electron chi connectivity index (χ0n) is 18.9. The molecule has 0 spiro atoms. The van der Waals surface area contributed by atoms with Crippen molar-refractivity contribution in [1.82, 2.24) is 9.80 Å². The minimum atomic E-state index is -0.703. The first kappa shape index (κ1) is 22.3. The number of hydrogen-bond donors (Lipinski definition) is 0. The summed E-state index contributed by atoms with van der Waals surface area (Å²) in [6, 6.07) is 14.4. The molecule has 2 aromatic rings. The lowest BCUT2D eigenvalue weighted by Gasteiger charge is -2.32. The summed E-state index contributed by atoms with van der Waals surface area (Å²) in [5.74, 6) is -0.0812. The summed E-state index contributed by atoms with van der Waals surface area (Å²) in [5, 5.41) is 0. The Balaban J connectivity index is 1.65. The van der Waals surface area contributed by atoms with E-state index in [-0.39, 0.29) is 23.5 Å². The van der Waals surface area contributed by atoms with Gasteiger partial charge in [-0.2, -0.15) is 0 Å². The van der Waals surface area contributed by atoms with Crippen molar-refractivity contribution in [3.8, 4) is 11.1 Å². The Morgan fingerprint density at radius 3 is 2.47 bits per heavy atom. The van der Waals surface area contributed by atoms with Gasteiger partial charge in [-0.1, -0.05) is 54.6 Å². The minimum Gasteiger partial charge on any atom is -0.348 e. The molecule has 2 aromatic carbocycles. The predicted octanol–water partition coefficient (Wildman–Crippen LogP) is 4.70. The number of rotatable bonds is 5. The molecule has 0 aromatic heterocycles. The van der Waals surface area contributed by atoms with Gasteiger partial charge in [0, 0.05) is 38.7 Å². The van der Waals surface area contributed by atoms with Crippen molar-refractivity contribution in [2.24, 2.45) is 11.3 Å². The van der Waals surface area contributed by atoms with Crippen molar-refractivity contribution in [2.75, 3.05) is 27.2 Å². The molecule has 0 saturated carbocycles. The molecule has 0 radical (unpaired) electrons. The zero-order chi connectivity index (χ0) is 22.7. The Labute approximate surface area is 189 Å². The van der Waals surface area contributed by atoms with Crippen molar-refractivity contribution >= 4 is 11.8 Å². The van der Waals surface area contributed by atoms with E-state index in [2.05, 4.69) is 12.2 Å². The molecule has 0 unspecified atom stereocenters. The molecular weight excluding hydrogens is 403 g/mol. The Morgan fingerprint density at radius 1 is 1.06 bits per heavy atom. The summed E-state index contributed by atoms with van der Waals surface area (Å²) in [6.07, 6.45) is 7.89. The van der Waals surface area contributed by atoms with Gasteiger partial charge < -0.3 is 9.80 Å². The van der Waals surface area contributed by atoms with Crippen molar-refractivity contribution in [1.29, 1.82) is 0 Å². The van der Waals surface area contributed by atoms with Gasteiger partial charge in [-0.15, -0.1) is 0 Å². The summed E-state index contributed by atoms with van der Waals surface area (Å²) in [5.41, 5.74) is 1.57. The van der Waals surface area contributed by atoms with E-state index in [0.29, 0.717) is 31.5 Å². The number of nitrogens with zero attached hydrogens (tertiary/aromatic N) is 2. The first-order valence-corrected chi connectivity index (χ1v) is 11.4. The van der Waals surface area contributed by atoms with E-state index in [1.54, 1.807) is 31.1 Å². The maximum absolute atomic E-state index is 14.6. The van der Waals surface area contributed by atoms with Gasteiger partial charge in [0.15, 0.2) is 0 Å². The van der Waals surface area contributed by atoms with Crippen LogP contribution in [-0.4, -0.2) is 48.8 Å². The van der Waals surface area contributed by atoms with Crippen LogP contribution in [-0.2, 0) is 16.0 Å². The summed E-state index contributed by atoms with van der Waals surface area (Å²) in [7, 11) is 3.53. The summed E-state index contributed by atoms with van der Waals surface area (Å²) in [6.45, 7) is 0.995. The SMILES string of the molecule is CN(C)C(=O)[C@]1(Cc2ccccc2-c2ccccc2F)CCN(C(=O)[C@H]2CC=CCC2)C1. The summed E-state index contributed by atoms with van der Waals surface area (Å²) in [4.78, 5) is 30.1. The topological polar surface area (TPSA) is 40.6 Å². The molecule has 5 heteroatoms. The quantitative estimate of drug-likeness (QED) is 0.640. The first-order chi connectivity index (χ1) is 15.4. The van der Waals surface area contributed by atoms with Crippen LogP contribution >= 0.6 is 0 Å². The van der Waals surface area contributed by atoms with E-state index in [1.165, 1.54) is 6.07 Å². The molecule has 4 nitrogen and oxygen atoms in total. The van der Waals surface area contributed by atoms with Crippen molar-refractivity contribution in [3.05, 3.63) is 72.1 Å². The number of halogens is 1. The lowest BCUT2D eigenvalue weighted by Crippen LogP contribution is -2.45. The average molecular weight is 435 g/mol. The highest BCUT2D eigenvalue weighted by atomic mass is 19.1. The number of carbonyl (C=O) groups is 2. The molecule has 0 N–H and O–H groups in total. The fourth-order valence-electron chi connectivity index (χ4n) is 5.19. The fourth-order valence-corrected chi connectivity index (χ4v) is 5.19. The number of carbonyl (C=O) groups excluding carboxylic acids is 2. The number of amides is 2. The number of allylic oxidation sites excluding steroid dienone is 2. The number of likely N-dealkylation sites (tertiary alicyclic amines) is 1. The van der Waals surface area contributed by atoms with Crippen LogP contribution in [0.3, 0.4) is 0 Å². The molecule has 0 bridgehead atoms. The summed E-state index contributed by atoms with van der Waals surface area (Å²) < 4.78 is 14.6. The first-order valence-electron chi connectivity index (χ1n) is 11.4. The smallest absolute Gasteiger partial charge is 0.230 e. The van der Waals surface area contributed by atoms with Gasteiger partial charge >= 0.3 is 0 Å². The molecule has 1 heterocycles. The third-order valence-corrected chi connectivity index (χ3v) is 6.85. The molecule has 2 amide bonds. The molecule has 1 fully saturated rings. The second kappa shape index (κ2) is 9.27. The van der Waals surface area contributed by atoms with Crippen molar-refractivity contribution in [2.45, 2.75) is 32.1 Å². The van der Waals surface area contributed by atoms with Gasteiger partial charge in [-0.3, -0.25) is 9.59 Å². The van der Waals surface area contributed by atoms with Crippen LogP contribution in [0.15, 0.2) is 60.7 Å². The van der Waals surface area contributed by atoms with Crippen LogP contribution in [0.4, 0.5) is 4.39 Å². The fraction of sp³-hybridized carbons (Fsp3) is 0.407. The van der Waals surface area contributed by atoms with Gasteiger partial charge in [0.05, 0.1) is 5.41 Å². The van der Waals surface area contributed by atoms with Crippen LogP contribution in [0.1, 0.15) is 31.2 Å². The molecule has 2 atom stereocenters. The van der Waals surface area contributed by atoms with E-state index in [0.717, 1.165) is 30.4 Å². The predicted molar refractivity (Wildman–Crippen MR) is 124 cm³/mol. The van der Waals surface area contributed by atoms with Crippen LogP contribution in [0.25, 0.3) is 11.1 Å². The molecule has 32 heavy (non-hydrogen) atoms. The van der Waals surface area contributed by atoms with Gasteiger partial charge in [-0.05, 0) is 49.3 Å². The normalized spacial score (nSPS) is 22.7. The standard InChI is InChI=1S/C27H31FN2O2/c1-29(2)26(32)27(16-17-30(19-27)25(31)20-10-4-3-5-11-20)18-21-12-6-7-13-22(21)23-14-8-9-15-24(23)28/h3-4,6-9,12-15,20H,5,10-11,16-19H2,1-2H3/t20-,27-/m0/s1. The van der Waals surface area contributed by atoms with Gasteiger partial charge in [0.25, 0.3) is 0 Å². The van der Waals surface area contributed by atoms with E-state index in [4.69, 9.17) is 0 Å². The largest absolute Gasteiger partial charge is 0.348 e. The second-order valence-electron chi connectivity index (χ2n) is 9.28. The lowest BCUT2D eigenvalue weighted by molar-refractivity contribution is -0.140. The van der Waals surface area contributed by atoms with E-state index in [1.807, 2.05) is 35.2 Å². The Bertz CT molecular complexity index is 1030. The monoisotopic (exact) mass is 434 g/mol. The maximum Gasteiger partial charge on any atom is 0.230 e. The van der Waals surface area contributed by atoms with Crippen molar-refractivity contribution < 1.29 is 14.0 Å². The van der Waals surface area contributed by atoms with E-state index >= 15 is 0 Å². The van der Waals surface area contributed by atoms with Gasteiger partial charge in [0.1, 0.15) is 5.82 Å². The van der Waals surface area contributed by atoms with E-state index in [9.17, 15) is 14.0 Å². The van der Waals surface area contributed by atoms with E-state index < -0.39 is 5.41 Å². The molecule has 1 aliphatic carbocycles. The highest BCUT2D eigenvalue weighted by molar-refractivity contribution is 5.86. The molecule has 1 aliphatic heterocycles. The Hall–Kier alpha value is -2.95. The zero-order valence-corrected chi connectivity index (χ0v) is 18.9. The van der Waals surface area contributed by atoms with Crippen molar-refractivity contribution in [3.63, 3.8) is 0 Å². The molecule has 2 aliphatic rings. The Morgan fingerprint density at radius 2 is 1.78 bits per heavy atom.